The Hall–Kier alpha value is -1.00. The van der Waals surface area contributed by atoms with Gasteiger partial charge >= 0.3 is 0 Å². The summed E-state index contributed by atoms with van der Waals surface area (Å²) >= 11 is 1.62. The van der Waals surface area contributed by atoms with Gasteiger partial charge in [-0.1, -0.05) is 12.1 Å². The Balaban J connectivity index is 1.78. The molecule has 3 nitrogen and oxygen atoms in total. The van der Waals surface area contributed by atoms with E-state index < -0.39 is 0 Å². The first-order chi connectivity index (χ1) is 9.70. The van der Waals surface area contributed by atoms with Crippen LogP contribution in [0.5, 0.6) is 0 Å². The van der Waals surface area contributed by atoms with Gasteiger partial charge in [0.1, 0.15) is 0 Å². The minimum Gasteiger partial charge on any atom is -0.352 e. The monoisotopic (exact) mass is 292 g/mol. The van der Waals surface area contributed by atoms with E-state index in [-0.39, 0.29) is 5.91 Å². The summed E-state index contributed by atoms with van der Waals surface area (Å²) in [6.45, 7) is 3.16. The van der Waals surface area contributed by atoms with Crippen LogP contribution in [0.3, 0.4) is 0 Å². The molecule has 0 aromatic heterocycles. The number of nitrogens with one attached hydrogen (secondary N) is 1. The van der Waals surface area contributed by atoms with Crippen molar-refractivity contribution >= 4 is 17.7 Å². The molecule has 0 aliphatic carbocycles. The number of nitrogens with zero attached hydrogens (tertiary/aromatic N) is 1. The normalized spacial score (nSPS) is 17.1. The van der Waals surface area contributed by atoms with E-state index in [0.29, 0.717) is 0 Å². The molecule has 2 rings (SSSR count). The fourth-order valence-corrected chi connectivity index (χ4v) is 3.26. The average Bonchev–Trinajstić information content (AvgIpc) is 2.49. The summed E-state index contributed by atoms with van der Waals surface area (Å²) in [5.41, 5.74) is 0.795. The summed E-state index contributed by atoms with van der Waals surface area (Å²) in [7, 11) is 2.18. The zero-order valence-corrected chi connectivity index (χ0v) is 13.2. The van der Waals surface area contributed by atoms with Crippen molar-refractivity contribution in [3.63, 3.8) is 0 Å². The Bertz CT molecular complexity index is 442. The first-order valence-electron chi connectivity index (χ1n) is 7.30. The minimum atomic E-state index is 0.0582. The SMILES string of the molecule is CSc1ccccc1C(=O)NCCC1CCN(C)CC1. The van der Waals surface area contributed by atoms with Crippen molar-refractivity contribution in [3.8, 4) is 0 Å². The van der Waals surface area contributed by atoms with Gasteiger partial charge in [0, 0.05) is 11.4 Å². The van der Waals surface area contributed by atoms with Crippen LogP contribution in [0.2, 0.25) is 0 Å². The molecule has 0 spiro atoms. The lowest BCUT2D eigenvalue weighted by Crippen LogP contribution is -2.32. The summed E-state index contributed by atoms with van der Waals surface area (Å²) in [4.78, 5) is 15.6. The van der Waals surface area contributed by atoms with Gasteiger partial charge in [0.15, 0.2) is 0 Å². The van der Waals surface area contributed by atoms with Crippen LogP contribution in [0.15, 0.2) is 29.2 Å². The molecule has 1 N–H and O–H groups in total. The van der Waals surface area contributed by atoms with Gasteiger partial charge in [-0.3, -0.25) is 4.79 Å². The molecule has 1 heterocycles. The lowest BCUT2D eigenvalue weighted by atomic mass is 9.94. The van der Waals surface area contributed by atoms with Gasteiger partial charge in [-0.15, -0.1) is 11.8 Å². The molecular weight excluding hydrogens is 268 g/mol. The molecule has 0 bridgehead atoms. The highest BCUT2D eigenvalue weighted by Crippen LogP contribution is 2.21. The van der Waals surface area contributed by atoms with Crippen LogP contribution in [-0.2, 0) is 0 Å². The maximum atomic E-state index is 12.2. The maximum absolute atomic E-state index is 12.2. The van der Waals surface area contributed by atoms with Gasteiger partial charge in [-0.25, -0.2) is 0 Å². The number of rotatable bonds is 5. The quantitative estimate of drug-likeness (QED) is 0.847. The molecule has 0 saturated carbocycles. The van der Waals surface area contributed by atoms with E-state index in [1.807, 2.05) is 30.5 Å². The van der Waals surface area contributed by atoms with Crippen molar-refractivity contribution in [3.05, 3.63) is 29.8 Å². The Morgan fingerprint density at radius 3 is 2.75 bits per heavy atom. The van der Waals surface area contributed by atoms with E-state index in [1.165, 1.54) is 25.9 Å². The average molecular weight is 292 g/mol. The van der Waals surface area contributed by atoms with Gasteiger partial charge < -0.3 is 10.2 Å². The van der Waals surface area contributed by atoms with E-state index >= 15 is 0 Å². The van der Waals surface area contributed by atoms with E-state index in [1.54, 1.807) is 11.8 Å². The number of piperidine rings is 1. The van der Waals surface area contributed by atoms with Crippen LogP contribution in [0, 0.1) is 5.92 Å². The summed E-state index contributed by atoms with van der Waals surface area (Å²) < 4.78 is 0. The molecule has 20 heavy (non-hydrogen) atoms. The first kappa shape index (κ1) is 15.4. The zero-order valence-electron chi connectivity index (χ0n) is 12.4. The molecule has 4 heteroatoms. The van der Waals surface area contributed by atoms with Crippen molar-refractivity contribution in [2.24, 2.45) is 5.92 Å². The zero-order chi connectivity index (χ0) is 14.4. The van der Waals surface area contributed by atoms with Gasteiger partial charge in [0.05, 0.1) is 5.56 Å². The smallest absolute Gasteiger partial charge is 0.252 e. The van der Waals surface area contributed by atoms with E-state index in [4.69, 9.17) is 0 Å². The third-order valence-electron chi connectivity index (χ3n) is 4.03. The number of carbonyl (C=O) groups is 1. The Labute approximate surface area is 126 Å². The van der Waals surface area contributed by atoms with Gasteiger partial charge in [-0.05, 0) is 63.7 Å². The lowest BCUT2D eigenvalue weighted by Gasteiger charge is -2.28. The number of likely N-dealkylation sites (tertiary alicyclic amines) is 1. The molecule has 1 aliphatic heterocycles. The van der Waals surface area contributed by atoms with E-state index in [0.717, 1.165) is 29.3 Å². The van der Waals surface area contributed by atoms with Crippen molar-refractivity contribution in [2.75, 3.05) is 32.9 Å². The van der Waals surface area contributed by atoms with Crippen LogP contribution in [0.4, 0.5) is 0 Å². The molecule has 1 saturated heterocycles. The Morgan fingerprint density at radius 1 is 1.35 bits per heavy atom. The fourth-order valence-electron chi connectivity index (χ4n) is 2.67. The lowest BCUT2D eigenvalue weighted by molar-refractivity contribution is 0.0946. The minimum absolute atomic E-state index is 0.0582. The summed E-state index contributed by atoms with van der Waals surface area (Å²) in [5.74, 6) is 0.824. The fraction of sp³-hybridized carbons (Fsp3) is 0.562. The second-order valence-corrected chi connectivity index (χ2v) is 6.34. The van der Waals surface area contributed by atoms with Gasteiger partial charge in [0.2, 0.25) is 0 Å². The molecule has 1 amide bonds. The van der Waals surface area contributed by atoms with Crippen molar-refractivity contribution in [1.82, 2.24) is 10.2 Å². The third kappa shape index (κ3) is 4.25. The number of amides is 1. The predicted octanol–water partition coefficient (Wildman–Crippen LogP) is 2.87. The molecule has 1 aromatic carbocycles. The summed E-state index contributed by atoms with van der Waals surface area (Å²) in [6.07, 6.45) is 5.62. The molecule has 1 fully saturated rings. The number of carbonyl (C=O) groups excluding carboxylic acids is 1. The van der Waals surface area contributed by atoms with Crippen LogP contribution in [-0.4, -0.2) is 43.7 Å². The van der Waals surface area contributed by atoms with E-state index in [2.05, 4.69) is 17.3 Å². The van der Waals surface area contributed by atoms with Crippen LogP contribution in [0.25, 0.3) is 0 Å². The maximum Gasteiger partial charge on any atom is 0.252 e. The topological polar surface area (TPSA) is 32.3 Å². The highest BCUT2D eigenvalue weighted by atomic mass is 32.2. The van der Waals surface area contributed by atoms with Crippen LogP contribution >= 0.6 is 11.8 Å². The molecule has 0 radical (unpaired) electrons. The summed E-state index contributed by atoms with van der Waals surface area (Å²) in [6, 6.07) is 7.79. The molecule has 1 aromatic rings. The van der Waals surface area contributed by atoms with Crippen molar-refractivity contribution < 1.29 is 4.79 Å². The first-order valence-corrected chi connectivity index (χ1v) is 8.53. The Morgan fingerprint density at radius 2 is 2.05 bits per heavy atom. The standard InChI is InChI=1S/C16H24N2OS/c1-18-11-8-13(9-12-18)7-10-17-16(19)14-5-3-4-6-15(14)20-2/h3-6,13H,7-12H2,1-2H3,(H,17,19). The highest BCUT2D eigenvalue weighted by molar-refractivity contribution is 7.98. The number of benzene rings is 1. The Kier molecular flexibility index (Phi) is 5.92. The summed E-state index contributed by atoms with van der Waals surface area (Å²) in [5, 5.41) is 3.07. The predicted molar refractivity (Wildman–Crippen MR) is 85.4 cm³/mol. The van der Waals surface area contributed by atoms with Crippen LogP contribution < -0.4 is 5.32 Å². The second kappa shape index (κ2) is 7.70. The molecule has 0 atom stereocenters. The van der Waals surface area contributed by atoms with Crippen LogP contribution in [0.1, 0.15) is 29.6 Å². The van der Waals surface area contributed by atoms with Gasteiger partial charge in [0.25, 0.3) is 5.91 Å². The van der Waals surface area contributed by atoms with E-state index in [9.17, 15) is 4.79 Å². The second-order valence-electron chi connectivity index (χ2n) is 5.49. The highest BCUT2D eigenvalue weighted by Gasteiger charge is 2.17. The number of thioether (sulfide) groups is 1. The largest absolute Gasteiger partial charge is 0.352 e. The van der Waals surface area contributed by atoms with Crippen molar-refractivity contribution in [2.45, 2.75) is 24.2 Å². The molecule has 110 valence electrons. The number of hydrogen-bond acceptors (Lipinski definition) is 3. The third-order valence-corrected chi connectivity index (χ3v) is 4.82. The molecule has 1 aliphatic rings. The molecule has 0 unspecified atom stereocenters. The molecular formula is C16H24N2OS. The van der Waals surface area contributed by atoms with Gasteiger partial charge in [-0.2, -0.15) is 0 Å². The van der Waals surface area contributed by atoms with Crippen molar-refractivity contribution in [1.29, 1.82) is 0 Å². The number of hydrogen-bond donors (Lipinski definition) is 1.